The lowest BCUT2D eigenvalue weighted by atomic mass is 10.1. The van der Waals surface area contributed by atoms with Crippen LogP contribution in [0.3, 0.4) is 0 Å². The predicted octanol–water partition coefficient (Wildman–Crippen LogP) is 0.958. The molecule has 1 fully saturated rings. The van der Waals surface area contributed by atoms with Crippen LogP contribution in [0.15, 0.2) is 0 Å². The summed E-state index contributed by atoms with van der Waals surface area (Å²) in [5.74, 6) is 0.127. The number of hydrogen-bond acceptors (Lipinski definition) is 3. The van der Waals surface area contributed by atoms with Crippen LogP contribution in [0, 0.1) is 17.2 Å². The van der Waals surface area contributed by atoms with E-state index in [-0.39, 0.29) is 5.92 Å². The minimum absolute atomic E-state index is 0.127. The van der Waals surface area contributed by atoms with Crippen LogP contribution in [-0.4, -0.2) is 30.6 Å². The van der Waals surface area contributed by atoms with E-state index in [1.807, 2.05) is 6.92 Å². The van der Waals surface area contributed by atoms with Crippen LogP contribution in [0.5, 0.6) is 0 Å². The molecule has 1 saturated carbocycles. The lowest BCUT2D eigenvalue weighted by molar-refractivity contribution is 0.228. The minimum atomic E-state index is 0.127. The Bertz CT molecular complexity index is 197. The van der Waals surface area contributed by atoms with E-state index in [1.54, 1.807) is 0 Å². The van der Waals surface area contributed by atoms with Crippen LogP contribution in [0.4, 0.5) is 0 Å². The van der Waals surface area contributed by atoms with Crippen molar-refractivity contribution >= 4 is 0 Å². The number of hydrogen-bond donors (Lipinski definition) is 1. The molecule has 0 aliphatic heterocycles. The third-order valence-corrected chi connectivity index (χ3v) is 2.85. The highest BCUT2D eigenvalue weighted by Crippen LogP contribution is 2.22. The van der Waals surface area contributed by atoms with Crippen molar-refractivity contribution in [3.05, 3.63) is 0 Å². The summed E-state index contributed by atoms with van der Waals surface area (Å²) in [7, 11) is 2.09. The normalized spacial score (nSPS) is 30.4. The third-order valence-electron chi connectivity index (χ3n) is 2.85. The number of nitrogens with two attached hydrogens (primary N) is 1. The van der Waals surface area contributed by atoms with Gasteiger partial charge in [-0.3, -0.25) is 0 Å². The standard InChI is InChI=1S/C10H19N3/c1-8(6-11)7-13(2)10-4-3-9(12)5-10/h8-10H,3-5,7,12H2,1-2H3. The molecule has 3 heteroatoms. The first kappa shape index (κ1) is 10.5. The average molecular weight is 181 g/mol. The van der Waals surface area contributed by atoms with Crippen LogP contribution in [0.2, 0.25) is 0 Å². The highest BCUT2D eigenvalue weighted by Gasteiger charge is 2.25. The van der Waals surface area contributed by atoms with E-state index in [9.17, 15) is 0 Å². The molecule has 0 spiro atoms. The second kappa shape index (κ2) is 4.59. The summed E-state index contributed by atoms with van der Waals surface area (Å²) in [5.41, 5.74) is 5.83. The van der Waals surface area contributed by atoms with Gasteiger partial charge in [-0.1, -0.05) is 0 Å². The largest absolute Gasteiger partial charge is 0.328 e. The molecule has 1 aliphatic rings. The van der Waals surface area contributed by atoms with Crippen molar-refractivity contribution in [2.75, 3.05) is 13.6 Å². The maximum absolute atomic E-state index is 8.68. The second-order valence-corrected chi connectivity index (χ2v) is 4.20. The van der Waals surface area contributed by atoms with Gasteiger partial charge in [-0.2, -0.15) is 5.26 Å². The van der Waals surface area contributed by atoms with Gasteiger partial charge < -0.3 is 10.6 Å². The minimum Gasteiger partial charge on any atom is -0.328 e. The molecule has 0 aromatic carbocycles. The molecule has 3 unspecified atom stereocenters. The zero-order valence-electron chi connectivity index (χ0n) is 8.53. The van der Waals surface area contributed by atoms with Gasteiger partial charge in [-0.15, -0.1) is 0 Å². The molecule has 0 aromatic heterocycles. The molecule has 2 N–H and O–H groups in total. The van der Waals surface area contributed by atoms with Crippen molar-refractivity contribution in [3.63, 3.8) is 0 Å². The summed E-state index contributed by atoms with van der Waals surface area (Å²) >= 11 is 0. The summed E-state index contributed by atoms with van der Waals surface area (Å²) in [6, 6.07) is 3.24. The van der Waals surface area contributed by atoms with Gasteiger partial charge in [0.25, 0.3) is 0 Å². The van der Waals surface area contributed by atoms with Crippen molar-refractivity contribution in [2.24, 2.45) is 11.7 Å². The SMILES string of the molecule is CC(C#N)CN(C)C1CCC(N)C1. The first-order chi connectivity index (χ1) is 6.13. The molecule has 0 heterocycles. The average Bonchev–Trinajstić information content (AvgIpc) is 2.51. The first-order valence-electron chi connectivity index (χ1n) is 4.99. The molecule has 3 atom stereocenters. The quantitative estimate of drug-likeness (QED) is 0.705. The Morgan fingerprint density at radius 2 is 2.31 bits per heavy atom. The fraction of sp³-hybridized carbons (Fsp3) is 0.900. The molecular formula is C10H19N3. The summed E-state index contributed by atoms with van der Waals surface area (Å²) in [5, 5.41) is 8.68. The van der Waals surface area contributed by atoms with Gasteiger partial charge in [0.05, 0.1) is 12.0 Å². The molecular weight excluding hydrogens is 162 g/mol. The van der Waals surface area contributed by atoms with Gasteiger partial charge in [0, 0.05) is 18.6 Å². The molecule has 1 aliphatic carbocycles. The molecule has 0 amide bonds. The van der Waals surface area contributed by atoms with Crippen molar-refractivity contribution in [1.82, 2.24) is 4.90 Å². The molecule has 3 nitrogen and oxygen atoms in total. The van der Waals surface area contributed by atoms with Gasteiger partial charge in [0.2, 0.25) is 0 Å². The zero-order chi connectivity index (χ0) is 9.84. The second-order valence-electron chi connectivity index (χ2n) is 4.20. The van der Waals surface area contributed by atoms with E-state index in [2.05, 4.69) is 18.0 Å². The number of rotatable bonds is 3. The Morgan fingerprint density at radius 1 is 1.62 bits per heavy atom. The van der Waals surface area contributed by atoms with E-state index in [0.717, 1.165) is 19.4 Å². The summed E-state index contributed by atoms with van der Waals surface area (Å²) < 4.78 is 0. The van der Waals surface area contributed by atoms with Gasteiger partial charge in [0.15, 0.2) is 0 Å². The maximum Gasteiger partial charge on any atom is 0.0666 e. The third kappa shape index (κ3) is 2.98. The predicted molar refractivity (Wildman–Crippen MR) is 53.0 cm³/mol. The van der Waals surface area contributed by atoms with Crippen LogP contribution in [-0.2, 0) is 0 Å². The number of nitrogens with zero attached hydrogens (tertiary/aromatic N) is 2. The van der Waals surface area contributed by atoms with E-state index in [0.29, 0.717) is 12.1 Å². The topological polar surface area (TPSA) is 53.0 Å². The molecule has 13 heavy (non-hydrogen) atoms. The van der Waals surface area contributed by atoms with Crippen molar-refractivity contribution in [3.8, 4) is 6.07 Å². The lowest BCUT2D eigenvalue weighted by Crippen LogP contribution is -2.34. The lowest BCUT2D eigenvalue weighted by Gasteiger charge is -2.24. The smallest absolute Gasteiger partial charge is 0.0666 e. The number of nitriles is 1. The van der Waals surface area contributed by atoms with Crippen molar-refractivity contribution < 1.29 is 0 Å². The molecule has 0 bridgehead atoms. The molecule has 0 radical (unpaired) electrons. The highest BCUT2D eigenvalue weighted by molar-refractivity contribution is 4.87. The van der Waals surface area contributed by atoms with Crippen LogP contribution >= 0.6 is 0 Å². The maximum atomic E-state index is 8.68. The van der Waals surface area contributed by atoms with E-state index in [4.69, 9.17) is 11.0 Å². The Labute approximate surface area is 80.5 Å². The van der Waals surface area contributed by atoms with Crippen LogP contribution in [0.1, 0.15) is 26.2 Å². The van der Waals surface area contributed by atoms with Crippen LogP contribution < -0.4 is 5.73 Å². The molecule has 1 rings (SSSR count). The Balaban J connectivity index is 2.32. The van der Waals surface area contributed by atoms with E-state index in [1.165, 1.54) is 6.42 Å². The summed E-state index contributed by atoms with van der Waals surface area (Å²) in [6.07, 6.45) is 3.42. The summed E-state index contributed by atoms with van der Waals surface area (Å²) in [4.78, 5) is 2.28. The summed E-state index contributed by atoms with van der Waals surface area (Å²) in [6.45, 7) is 2.83. The van der Waals surface area contributed by atoms with Crippen molar-refractivity contribution in [1.29, 1.82) is 5.26 Å². The molecule has 0 saturated heterocycles. The Morgan fingerprint density at radius 3 is 2.77 bits per heavy atom. The van der Waals surface area contributed by atoms with Gasteiger partial charge >= 0.3 is 0 Å². The van der Waals surface area contributed by atoms with Gasteiger partial charge in [0.1, 0.15) is 0 Å². The van der Waals surface area contributed by atoms with E-state index >= 15 is 0 Å². The van der Waals surface area contributed by atoms with Crippen molar-refractivity contribution in [2.45, 2.75) is 38.3 Å². The molecule has 0 aromatic rings. The van der Waals surface area contributed by atoms with E-state index < -0.39 is 0 Å². The van der Waals surface area contributed by atoms with Gasteiger partial charge in [-0.25, -0.2) is 0 Å². The van der Waals surface area contributed by atoms with Crippen LogP contribution in [0.25, 0.3) is 0 Å². The highest BCUT2D eigenvalue weighted by atomic mass is 15.1. The monoisotopic (exact) mass is 181 g/mol. The Hall–Kier alpha value is -0.590. The first-order valence-corrected chi connectivity index (χ1v) is 4.99. The fourth-order valence-corrected chi connectivity index (χ4v) is 2.01. The Kier molecular flexibility index (Phi) is 3.71. The fourth-order valence-electron chi connectivity index (χ4n) is 2.01. The van der Waals surface area contributed by atoms with Gasteiger partial charge in [-0.05, 0) is 33.2 Å². The zero-order valence-corrected chi connectivity index (χ0v) is 8.53. The molecule has 74 valence electrons.